The highest BCUT2D eigenvalue weighted by molar-refractivity contribution is 7.92. The molecule has 0 N–H and O–H groups in total. The van der Waals surface area contributed by atoms with Crippen LogP contribution in [0.4, 0.5) is 18.0 Å². The van der Waals surface area contributed by atoms with E-state index in [4.69, 9.17) is 27.9 Å². The van der Waals surface area contributed by atoms with Crippen LogP contribution in [0.15, 0.2) is 42.5 Å². The molecule has 7 nitrogen and oxygen atoms in total. The Balaban J connectivity index is 1.67. The lowest BCUT2D eigenvalue weighted by molar-refractivity contribution is -0.161. The fourth-order valence-electron chi connectivity index (χ4n) is 6.33. The topological polar surface area (TPSA) is 76.2 Å². The summed E-state index contributed by atoms with van der Waals surface area (Å²) < 4.78 is 58.3. The van der Waals surface area contributed by atoms with E-state index in [2.05, 4.69) is 11.0 Å². The highest BCUT2D eigenvalue weighted by Gasteiger charge is 2.52. The van der Waals surface area contributed by atoms with Crippen molar-refractivity contribution in [3.63, 3.8) is 0 Å². The number of ether oxygens (including phenoxy) is 1. The summed E-state index contributed by atoms with van der Waals surface area (Å²) in [6, 6.07) is 12.8. The van der Waals surface area contributed by atoms with Gasteiger partial charge in [0.2, 0.25) is 5.91 Å². The summed E-state index contributed by atoms with van der Waals surface area (Å²) >= 11 is 11.6. The molecular formula is C32H40Cl2F3N3O4S. The standard InChI is InChI=1S/C32H40Cl2F3N3O4S/c1-29(2,3)44-28(42)39(5)30(23-10-11-25(33)26(34)18-23,21-38(4)27(41)19-32(35,36)37)12-15-40-16-13-31(14-17-40)24-9-7-6-8-22(24)20-45(31)43/h6-11,18H,12-17,19-21H2,1-5H3/t30-,45?/m1/s1. The van der Waals surface area contributed by atoms with Gasteiger partial charge < -0.3 is 19.1 Å². The molecule has 1 fully saturated rings. The fourth-order valence-corrected chi connectivity index (χ4v) is 8.52. The third-order valence-electron chi connectivity index (χ3n) is 8.78. The maximum atomic E-state index is 13.6. The number of likely N-dealkylation sites (tertiary alicyclic amines) is 1. The molecule has 2 amide bonds. The lowest BCUT2D eigenvalue weighted by Crippen LogP contribution is -2.57. The molecule has 1 unspecified atom stereocenters. The molecule has 2 aromatic rings. The second kappa shape index (κ2) is 13.5. The lowest BCUT2D eigenvalue weighted by Gasteiger charge is -2.46. The summed E-state index contributed by atoms with van der Waals surface area (Å²) in [6.45, 7) is 6.59. The summed E-state index contributed by atoms with van der Waals surface area (Å²) in [5, 5.41) is 0.463. The SMILES string of the molecule is CN(C[C@](CCN1CCC2(CC1)c1ccccc1C[S+]2[O-])(c1ccc(Cl)c(Cl)c1)N(C)C(=O)OC(C)(C)C)C(=O)CC(F)(F)F. The second-order valence-electron chi connectivity index (χ2n) is 13.0. The maximum Gasteiger partial charge on any atom is 0.410 e. The third-order valence-corrected chi connectivity index (χ3v) is 11.6. The van der Waals surface area contributed by atoms with E-state index >= 15 is 0 Å². The minimum absolute atomic E-state index is 0.197. The van der Waals surface area contributed by atoms with Crippen LogP contribution in [0, 0.1) is 0 Å². The molecule has 0 radical (unpaired) electrons. The van der Waals surface area contributed by atoms with Gasteiger partial charge in [0.1, 0.15) is 17.8 Å². The molecule has 1 spiro atoms. The highest BCUT2D eigenvalue weighted by Crippen LogP contribution is 2.49. The number of alkyl halides is 3. The molecule has 2 aliphatic rings. The molecule has 45 heavy (non-hydrogen) atoms. The van der Waals surface area contributed by atoms with Gasteiger partial charge in [0.25, 0.3) is 0 Å². The van der Waals surface area contributed by atoms with E-state index in [0.29, 0.717) is 43.8 Å². The monoisotopic (exact) mass is 689 g/mol. The number of carbonyl (C=O) groups is 2. The highest BCUT2D eigenvalue weighted by atomic mass is 35.5. The summed E-state index contributed by atoms with van der Waals surface area (Å²) in [4.78, 5) is 30.9. The summed E-state index contributed by atoms with van der Waals surface area (Å²) in [7, 11) is 2.81. The maximum absolute atomic E-state index is 13.6. The predicted molar refractivity (Wildman–Crippen MR) is 171 cm³/mol. The molecule has 0 saturated carbocycles. The van der Waals surface area contributed by atoms with Gasteiger partial charge in [-0.15, -0.1) is 0 Å². The Hall–Kier alpha value is -2.18. The van der Waals surface area contributed by atoms with Crippen molar-refractivity contribution in [3.8, 4) is 0 Å². The van der Waals surface area contributed by atoms with Gasteiger partial charge >= 0.3 is 12.3 Å². The van der Waals surface area contributed by atoms with Crippen molar-refractivity contribution < 1.29 is 32.0 Å². The van der Waals surface area contributed by atoms with Gasteiger partial charge in [-0.3, -0.25) is 9.69 Å². The van der Waals surface area contributed by atoms with Crippen LogP contribution < -0.4 is 0 Å². The van der Waals surface area contributed by atoms with Crippen LogP contribution in [0.2, 0.25) is 10.0 Å². The quantitative estimate of drug-likeness (QED) is 0.276. The van der Waals surface area contributed by atoms with Crippen molar-refractivity contribution in [1.29, 1.82) is 0 Å². The van der Waals surface area contributed by atoms with E-state index in [0.717, 1.165) is 16.0 Å². The number of nitrogens with zero attached hydrogens (tertiary/aromatic N) is 3. The Morgan fingerprint density at radius 1 is 1.04 bits per heavy atom. The van der Waals surface area contributed by atoms with Crippen LogP contribution in [-0.4, -0.2) is 83.3 Å². The molecule has 4 rings (SSSR count). The van der Waals surface area contributed by atoms with E-state index < -0.39 is 51.7 Å². The molecule has 0 aromatic heterocycles. The molecule has 2 aliphatic heterocycles. The zero-order valence-electron chi connectivity index (χ0n) is 26.2. The van der Waals surface area contributed by atoms with E-state index in [9.17, 15) is 27.3 Å². The van der Waals surface area contributed by atoms with E-state index in [-0.39, 0.29) is 23.0 Å². The molecule has 2 heterocycles. The number of halogens is 5. The minimum Gasteiger partial charge on any atom is -0.615 e. The van der Waals surface area contributed by atoms with Crippen molar-refractivity contribution in [2.45, 2.75) is 74.3 Å². The summed E-state index contributed by atoms with van der Waals surface area (Å²) in [5.74, 6) is -0.595. The van der Waals surface area contributed by atoms with E-state index in [1.807, 2.05) is 18.2 Å². The zero-order valence-corrected chi connectivity index (χ0v) is 28.5. The fraction of sp³-hybridized carbons (Fsp3) is 0.562. The number of amides is 2. The number of carbonyl (C=O) groups excluding carboxylic acids is 2. The van der Waals surface area contributed by atoms with Gasteiger partial charge in [-0.25, -0.2) is 4.79 Å². The Labute approximate surface area is 276 Å². The predicted octanol–water partition coefficient (Wildman–Crippen LogP) is 7.11. The number of fused-ring (bicyclic) bond motifs is 2. The van der Waals surface area contributed by atoms with Gasteiger partial charge in [-0.05, 0) is 56.1 Å². The first-order chi connectivity index (χ1) is 20.9. The minimum atomic E-state index is -4.70. The first-order valence-corrected chi connectivity index (χ1v) is 16.9. The number of likely N-dealkylation sites (N-methyl/N-ethyl adjacent to an activating group) is 2. The molecule has 1 saturated heterocycles. The van der Waals surface area contributed by atoms with Gasteiger partial charge in [0, 0.05) is 64.2 Å². The van der Waals surface area contributed by atoms with Gasteiger partial charge in [-0.1, -0.05) is 53.5 Å². The third kappa shape index (κ3) is 8.04. The van der Waals surface area contributed by atoms with Crippen molar-refractivity contribution in [2.75, 3.05) is 40.3 Å². The largest absolute Gasteiger partial charge is 0.615 e. The van der Waals surface area contributed by atoms with Crippen LogP contribution >= 0.6 is 23.2 Å². The first kappa shape index (κ1) is 35.7. The molecule has 13 heteroatoms. The van der Waals surface area contributed by atoms with Crippen LogP contribution in [0.5, 0.6) is 0 Å². The average Bonchev–Trinajstić information content (AvgIpc) is 3.21. The first-order valence-electron chi connectivity index (χ1n) is 14.8. The summed E-state index contributed by atoms with van der Waals surface area (Å²) in [6.07, 6.45) is -5.44. The number of piperidine rings is 1. The number of hydrogen-bond acceptors (Lipinski definition) is 5. The Morgan fingerprint density at radius 3 is 2.29 bits per heavy atom. The lowest BCUT2D eigenvalue weighted by atomic mass is 9.83. The summed E-state index contributed by atoms with van der Waals surface area (Å²) in [5.41, 5.74) is 0.554. The number of hydrogen-bond donors (Lipinski definition) is 0. The Bertz CT molecular complexity index is 1400. The van der Waals surface area contributed by atoms with Crippen molar-refractivity contribution in [2.24, 2.45) is 0 Å². The van der Waals surface area contributed by atoms with Gasteiger partial charge in [-0.2, -0.15) is 13.2 Å². The Kier molecular flexibility index (Phi) is 10.7. The molecule has 0 aliphatic carbocycles. The van der Waals surface area contributed by atoms with Gasteiger partial charge in [0.05, 0.1) is 15.6 Å². The zero-order chi connectivity index (χ0) is 33.4. The smallest absolute Gasteiger partial charge is 0.410 e. The van der Waals surface area contributed by atoms with Crippen LogP contribution in [0.1, 0.15) is 63.1 Å². The molecule has 0 bridgehead atoms. The molecule has 2 atom stereocenters. The van der Waals surface area contributed by atoms with Crippen molar-refractivity contribution >= 4 is 46.4 Å². The molecule has 2 aromatic carbocycles. The molecule has 248 valence electrons. The van der Waals surface area contributed by atoms with Crippen LogP contribution in [0.3, 0.4) is 0 Å². The Morgan fingerprint density at radius 2 is 1.69 bits per heavy atom. The van der Waals surface area contributed by atoms with Crippen LogP contribution in [-0.2, 0) is 36.7 Å². The van der Waals surface area contributed by atoms with E-state index in [1.54, 1.807) is 39.0 Å². The normalized spacial score (nSPS) is 19.6. The number of benzene rings is 2. The van der Waals surface area contributed by atoms with Crippen molar-refractivity contribution in [3.05, 3.63) is 69.2 Å². The van der Waals surface area contributed by atoms with E-state index in [1.165, 1.54) is 19.0 Å². The van der Waals surface area contributed by atoms with Crippen LogP contribution in [0.25, 0.3) is 0 Å². The average molecular weight is 691 g/mol. The second-order valence-corrected chi connectivity index (χ2v) is 15.6. The van der Waals surface area contributed by atoms with Crippen molar-refractivity contribution in [1.82, 2.24) is 14.7 Å². The molecular weight excluding hydrogens is 650 g/mol. The van der Waals surface area contributed by atoms with Gasteiger partial charge in [0.15, 0.2) is 4.75 Å². The number of rotatable bonds is 8.